The lowest BCUT2D eigenvalue weighted by atomic mass is 10.1. The minimum Gasteiger partial charge on any atom is -0.477 e. The average Bonchev–Trinajstić information content (AvgIpc) is 2.92. The monoisotopic (exact) mass is 321 g/mol. The fraction of sp³-hybridized carbons (Fsp3) is 0.333. The van der Waals surface area contributed by atoms with Crippen LogP contribution in [-0.4, -0.2) is 60.4 Å². The van der Waals surface area contributed by atoms with Crippen molar-refractivity contribution in [1.29, 1.82) is 0 Å². The van der Waals surface area contributed by atoms with Crippen molar-refractivity contribution >= 4 is 33.6 Å². The highest BCUT2D eigenvalue weighted by Crippen LogP contribution is 2.29. The highest BCUT2D eigenvalue weighted by atomic mass is 32.1. The molecule has 1 N–H and O–H groups in total. The van der Waals surface area contributed by atoms with E-state index < -0.39 is 5.97 Å². The molecule has 1 fully saturated rings. The number of carbonyl (C=O) groups is 1. The van der Waals surface area contributed by atoms with Gasteiger partial charge in [-0.15, -0.1) is 11.3 Å². The molecule has 0 saturated carbocycles. The van der Waals surface area contributed by atoms with E-state index in [2.05, 4.69) is 17.0 Å². The first-order valence-corrected chi connectivity index (χ1v) is 7.79. The molecular weight excluding hydrogens is 305 g/mol. The molecule has 0 atom stereocenters. The quantitative estimate of drug-likeness (QED) is 0.882. The summed E-state index contributed by atoms with van der Waals surface area (Å²) in [5.74, 6) is -1.39. The van der Waals surface area contributed by atoms with Crippen molar-refractivity contribution in [3.8, 4) is 0 Å². The fourth-order valence-electron chi connectivity index (χ4n) is 2.39. The summed E-state index contributed by atoms with van der Waals surface area (Å²) < 4.78 is 14.8. The van der Waals surface area contributed by atoms with Crippen LogP contribution in [0.25, 0.3) is 10.1 Å². The van der Waals surface area contributed by atoms with Gasteiger partial charge < -0.3 is 10.0 Å². The molecular formula is C15H16FN3O2S. The minimum atomic E-state index is -0.997. The maximum absolute atomic E-state index is 14.1. The maximum atomic E-state index is 14.1. The zero-order valence-electron chi connectivity index (χ0n) is 12.1. The molecule has 1 saturated heterocycles. The van der Waals surface area contributed by atoms with Gasteiger partial charge in [0.15, 0.2) is 0 Å². The van der Waals surface area contributed by atoms with Gasteiger partial charge in [0.2, 0.25) is 0 Å². The zero-order valence-corrected chi connectivity index (χ0v) is 12.9. The van der Waals surface area contributed by atoms with Crippen LogP contribution in [0.1, 0.15) is 15.2 Å². The zero-order chi connectivity index (χ0) is 15.7. The summed E-state index contributed by atoms with van der Waals surface area (Å²) in [6, 6.07) is 4.47. The van der Waals surface area contributed by atoms with E-state index in [9.17, 15) is 9.18 Å². The standard InChI is InChI=1S/C15H16FN3O2S/c1-18-4-6-19(7-5-18)17-9-11-10-8-14(15(20)21)22-13(10)3-2-12(11)16/h2-3,8-9H,4-7H2,1H3,(H,20,21)/b17-9+. The Morgan fingerprint density at radius 1 is 1.36 bits per heavy atom. The van der Waals surface area contributed by atoms with Gasteiger partial charge in [0.25, 0.3) is 0 Å². The van der Waals surface area contributed by atoms with Gasteiger partial charge in [-0.2, -0.15) is 5.10 Å². The van der Waals surface area contributed by atoms with Crippen LogP contribution in [-0.2, 0) is 0 Å². The van der Waals surface area contributed by atoms with E-state index in [0.29, 0.717) is 10.9 Å². The molecule has 116 valence electrons. The number of rotatable bonds is 3. The van der Waals surface area contributed by atoms with Crippen LogP contribution in [0.15, 0.2) is 23.3 Å². The molecule has 1 aliphatic rings. The Morgan fingerprint density at radius 3 is 2.77 bits per heavy atom. The van der Waals surface area contributed by atoms with E-state index in [1.807, 2.05) is 5.01 Å². The molecule has 1 aliphatic heterocycles. The number of hydrogen-bond acceptors (Lipinski definition) is 5. The lowest BCUT2D eigenvalue weighted by Crippen LogP contribution is -2.41. The Bertz CT molecular complexity index is 736. The van der Waals surface area contributed by atoms with Gasteiger partial charge in [0.1, 0.15) is 10.7 Å². The Kier molecular flexibility index (Phi) is 4.08. The van der Waals surface area contributed by atoms with E-state index in [4.69, 9.17) is 5.11 Å². The number of nitrogens with zero attached hydrogens (tertiary/aromatic N) is 3. The van der Waals surface area contributed by atoms with Crippen LogP contribution < -0.4 is 0 Å². The third-order valence-corrected chi connectivity index (χ3v) is 4.82. The largest absolute Gasteiger partial charge is 0.477 e. The number of likely N-dealkylation sites (N-methyl/N-ethyl adjacent to an activating group) is 1. The van der Waals surface area contributed by atoms with Crippen LogP contribution >= 0.6 is 11.3 Å². The first kappa shape index (κ1) is 14.9. The van der Waals surface area contributed by atoms with Crippen molar-refractivity contribution in [1.82, 2.24) is 9.91 Å². The first-order chi connectivity index (χ1) is 10.5. The van der Waals surface area contributed by atoms with Gasteiger partial charge >= 0.3 is 5.97 Å². The third-order valence-electron chi connectivity index (χ3n) is 3.73. The van der Waals surface area contributed by atoms with Gasteiger partial charge in [-0.3, -0.25) is 5.01 Å². The molecule has 0 spiro atoms. The number of hydrazone groups is 1. The summed E-state index contributed by atoms with van der Waals surface area (Å²) >= 11 is 1.14. The SMILES string of the molecule is CN1CCN(/N=C/c2c(F)ccc3sc(C(=O)O)cc23)CC1. The summed E-state index contributed by atoms with van der Waals surface area (Å²) in [5, 5.41) is 15.9. The topological polar surface area (TPSA) is 56.1 Å². The summed E-state index contributed by atoms with van der Waals surface area (Å²) in [6.45, 7) is 3.44. The van der Waals surface area contributed by atoms with Crippen LogP contribution in [0.4, 0.5) is 4.39 Å². The van der Waals surface area contributed by atoms with E-state index in [-0.39, 0.29) is 10.7 Å². The second-order valence-corrected chi connectivity index (χ2v) is 6.37. The number of benzene rings is 1. The first-order valence-electron chi connectivity index (χ1n) is 6.97. The molecule has 7 heteroatoms. The Hall–Kier alpha value is -1.99. The highest BCUT2D eigenvalue weighted by Gasteiger charge is 2.15. The highest BCUT2D eigenvalue weighted by molar-refractivity contribution is 7.20. The number of fused-ring (bicyclic) bond motifs is 1. The summed E-state index contributed by atoms with van der Waals surface area (Å²) in [4.78, 5) is 13.5. The van der Waals surface area contributed by atoms with Gasteiger partial charge in [-0.25, -0.2) is 9.18 Å². The number of halogens is 1. The Balaban J connectivity index is 1.92. The van der Waals surface area contributed by atoms with Crippen LogP contribution in [0.3, 0.4) is 0 Å². The van der Waals surface area contributed by atoms with E-state index >= 15 is 0 Å². The molecule has 5 nitrogen and oxygen atoms in total. The molecule has 0 amide bonds. The Labute approximate surface area is 131 Å². The molecule has 2 aromatic rings. The Morgan fingerprint density at radius 2 is 2.09 bits per heavy atom. The number of hydrogen-bond donors (Lipinski definition) is 1. The second-order valence-electron chi connectivity index (χ2n) is 5.29. The molecule has 2 heterocycles. The molecule has 0 radical (unpaired) electrons. The molecule has 1 aromatic carbocycles. The van der Waals surface area contributed by atoms with Crippen LogP contribution in [0.2, 0.25) is 0 Å². The van der Waals surface area contributed by atoms with Crippen molar-refractivity contribution in [3.05, 3.63) is 34.5 Å². The summed E-state index contributed by atoms with van der Waals surface area (Å²) in [5.41, 5.74) is 0.347. The smallest absolute Gasteiger partial charge is 0.345 e. The molecule has 22 heavy (non-hydrogen) atoms. The van der Waals surface area contributed by atoms with Crippen molar-refractivity contribution in [3.63, 3.8) is 0 Å². The molecule has 0 bridgehead atoms. The van der Waals surface area contributed by atoms with Gasteiger partial charge in [-0.1, -0.05) is 0 Å². The number of piperazine rings is 1. The number of carboxylic acid groups (broad SMARTS) is 1. The van der Waals surface area contributed by atoms with Gasteiger partial charge in [0, 0.05) is 41.8 Å². The molecule has 0 aliphatic carbocycles. The van der Waals surface area contributed by atoms with Gasteiger partial charge in [0.05, 0.1) is 6.21 Å². The lowest BCUT2D eigenvalue weighted by molar-refractivity contribution is 0.0702. The second kappa shape index (κ2) is 6.02. The summed E-state index contributed by atoms with van der Waals surface area (Å²) in [6.07, 6.45) is 1.50. The van der Waals surface area contributed by atoms with E-state index in [1.165, 1.54) is 18.3 Å². The number of carboxylic acids is 1. The van der Waals surface area contributed by atoms with Crippen LogP contribution in [0.5, 0.6) is 0 Å². The van der Waals surface area contributed by atoms with Gasteiger partial charge in [-0.05, 0) is 25.2 Å². The fourth-order valence-corrected chi connectivity index (χ4v) is 3.31. The average molecular weight is 321 g/mol. The van der Waals surface area contributed by atoms with Crippen molar-refractivity contribution < 1.29 is 14.3 Å². The van der Waals surface area contributed by atoms with Crippen molar-refractivity contribution in [2.24, 2.45) is 5.10 Å². The minimum absolute atomic E-state index is 0.204. The number of thiophene rings is 1. The molecule has 0 unspecified atom stereocenters. The lowest BCUT2D eigenvalue weighted by Gasteiger charge is -2.30. The van der Waals surface area contributed by atoms with Crippen molar-refractivity contribution in [2.45, 2.75) is 0 Å². The van der Waals surface area contributed by atoms with Crippen molar-refractivity contribution in [2.75, 3.05) is 33.2 Å². The normalized spacial score (nSPS) is 16.7. The third kappa shape index (κ3) is 2.95. The van der Waals surface area contributed by atoms with E-state index in [0.717, 1.165) is 42.2 Å². The van der Waals surface area contributed by atoms with Crippen LogP contribution in [0, 0.1) is 5.82 Å². The maximum Gasteiger partial charge on any atom is 0.345 e. The predicted molar refractivity (Wildman–Crippen MR) is 85.4 cm³/mol. The van der Waals surface area contributed by atoms with E-state index in [1.54, 1.807) is 6.07 Å². The molecule has 3 rings (SSSR count). The predicted octanol–water partition coefficient (Wildman–Crippen LogP) is 2.32. The molecule has 1 aromatic heterocycles. The number of aromatic carboxylic acids is 1. The summed E-state index contributed by atoms with van der Waals surface area (Å²) in [7, 11) is 2.06.